The fourth-order valence-corrected chi connectivity index (χ4v) is 2.75. The third-order valence-corrected chi connectivity index (χ3v) is 4.09. The summed E-state index contributed by atoms with van der Waals surface area (Å²) in [7, 11) is 1.92. The Morgan fingerprint density at radius 2 is 1.77 bits per heavy atom. The summed E-state index contributed by atoms with van der Waals surface area (Å²) in [6.45, 7) is 0. The molecule has 0 fully saturated rings. The molecule has 4 aromatic rings. The summed E-state index contributed by atoms with van der Waals surface area (Å²) in [6, 6.07) is 22.3. The molecule has 1 aromatic heterocycles. The fraction of sp³-hybridized carbons (Fsp3) is 0.0476. The molecule has 0 saturated carbocycles. The van der Waals surface area contributed by atoms with Crippen LogP contribution in [0.15, 0.2) is 79.1 Å². The maximum atomic E-state index is 12.7. The van der Waals surface area contributed by atoms with Crippen molar-refractivity contribution < 1.29 is 9.53 Å². The van der Waals surface area contributed by atoms with Crippen LogP contribution in [0.1, 0.15) is 10.4 Å². The lowest BCUT2D eigenvalue weighted by atomic mass is 10.1. The molecule has 1 heterocycles. The molecule has 0 radical (unpaired) electrons. The van der Waals surface area contributed by atoms with Crippen LogP contribution in [0.2, 0.25) is 0 Å². The van der Waals surface area contributed by atoms with E-state index in [0.29, 0.717) is 22.7 Å². The Bertz CT molecular complexity index is 1070. The van der Waals surface area contributed by atoms with E-state index >= 15 is 0 Å². The van der Waals surface area contributed by atoms with Crippen molar-refractivity contribution in [3.63, 3.8) is 0 Å². The largest absolute Gasteiger partial charge is 0.455 e. The molecule has 1 amide bonds. The van der Waals surface area contributed by atoms with Gasteiger partial charge in [0.2, 0.25) is 0 Å². The van der Waals surface area contributed by atoms with E-state index in [4.69, 9.17) is 4.74 Å². The number of hydrogen-bond acceptors (Lipinski definition) is 3. The number of anilines is 1. The predicted octanol–water partition coefficient (Wildman–Crippen LogP) is 4.62. The number of hydrogen-bond donors (Lipinski definition) is 1. The number of aryl methyl sites for hydroxylation is 1. The van der Waals surface area contributed by atoms with Gasteiger partial charge in [-0.05, 0) is 42.5 Å². The van der Waals surface area contributed by atoms with Gasteiger partial charge < -0.3 is 14.6 Å². The predicted molar refractivity (Wildman–Crippen MR) is 102 cm³/mol. The van der Waals surface area contributed by atoms with Crippen LogP contribution in [0.4, 0.5) is 5.69 Å². The molecule has 0 unspecified atom stereocenters. The van der Waals surface area contributed by atoms with Gasteiger partial charge >= 0.3 is 0 Å². The summed E-state index contributed by atoms with van der Waals surface area (Å²) >= 11 is 0. The Labute approximate surface area is 150 Å². The van der Waals surface area contributed by atoms with E-state index in [9.17, 15) is 4.79 Å². The summed E-state index contributed by atoms with van der Waals surface area (Å²) < 4.78 is 7.81. The standard InChI is InChI=1S/C21H17N3O2/c1-24-14-22-18-13-15(11-12-19(18)24)21(25)23-17-9-5-6-10-20(17)26-16-7-3-2-4-8-16/h2-14H,1H3,(H,23,25). The number of carbonyl (C=O) groups excluding carboxylic acids is 1. The van der Waals surface area contributed by atoms with Gasteiger partial charge in [0.25, 0.3) is 5.91 Å². The van der Waals surface area contributed by atoms with Crippen LogP contribution < -0.4 is 10.1 Å². The SMILES string of the molecule is Cn1cnc2cc(C(=O)Nc3ccccc3Oc3ccccc3)ccc21. The highest BCUT2D eigenvalue weighted by Gasteiger charge is 2.12. The van der Waals surface area contributed by atoms with Crippen molar-refractivity contribution in [2.24, 2.45) is 7.05 Å². The van der Waals surface area contributed by atoms with Gasteiger partial charge in [-0.3, -0.25) is 4.79 Å². The van der Waals surface area contributed by atoms with Gasteiger partial charge in [0.05, 0.1) is 23.0 Å². The minimum atomic E-state index is -0.207. The van der Waals surface area contributed by atoms with Crippen LogP contribution in [0, 0.1) is 0 Å². The maximum absolute atomic E-state index is 12.7. The zero-order valence-corrected chi connectivity index (χ0v) is 14.2. The summed E-state index contributed by atoms with van der Waals surface area (Å²) in [5.41, 5.74) is 2.93. The quantitative estimate of drug-likeness (QED) is 0.588. The summed E-state index contributed by atoms with van der Waals surface area (Å²) in [4.78, 5) is 17.0. The molecule has 26 heavy (non-hydrogen) atoms. The average molecular weight is 343 g/mol. The summed E-state index contributed by atoms with van der Waals surface area (Å²) in [6.07, 6.45) is 1.73. The second-order valence-electron chi connectivity index (χ2n) is 5.92. The van der Waals surface area contributed by atoms with Crippen molar-refractivity contribution in [3.8, 4) is 11.5 Å². The highest BCUT2D eigenvalue weighted by Crippen LogP contribution is 2.29. The zero-order chi connectivity index (χ0) is 17.9. The van der Waals surface area contributed by atoms with E-state index in [2.05, 4.69) is 10.3 Å². The van der Waals surface area contributed by atoms with Crippen molar-refractivity contribution in [1.29, 1.82) is 0 Å². The van der Waals surface area contributed by atoms with Crippen molar-refractivity contribution in [2.45, 2.75) is 0 Å². The molecule has 0 aliphatic carbocycles. The van der Waals surface area contributed by atoms with Crippen LogP contribution in [-0.4, -0.2) is 15.5 Å². The van der Waals surface area contributed by atoms with Crippen molar-refractivity contribution in [3.05, 3.63) is 84.7 Å². The molecule has 0 aliphatic heterocycles. The minimum absolute atomic E-state index is 0.207. The topological polar surface area (TPSA) is 56.2 Å². The van der Waals surface area contributed by atoms with E-state index in [1.807, 2.05) is 72.3 Å². The Hall–Kier alpha value is -3.60. The minimum Gasteiger partial charge on any atom is -0.455 e. The lowest BCUT2D eigenvalue weighted by molar-refractivity contribution is 0.102. The highest BCUT2D eigenvalue weighted by molar-refractivity contribution is 6.06. The first-order valence-electron chi connectivity index (χ1n) is 8.25. The van der Waals surface area contributed by atoms with Crippen LogP contribution >= 0.6 is 0 Å². The Morgan fingerprint density at radius 3 is 2.62 bits per heavy atom. The van der Waals surface area contributed by atoms with Gasteiger partial charge in [0.1, 0.15) is 5.75 Å². The number of rotatable bonds is 4. The fourth-order valence-electron chi connectivity index (χ4n) is 2.75. The smallest absolute Gasteiger partial charge is 0.255 e. The Kier molecular flexibility index (Phi) is 4.11. The van der Waals surface area contributed by atoms with Gasteiger partial charge in [-0.2, -0.15) is 0 Å². The molecule has 0 saturated heterocycles. The normalized spacial score (nSPS) is 10.7. The number of ether oxygens (including phenoxy) is 1. The van der Waals surface area contributed by atoms with Crippen LogP contribution in [0.25, 0.3) is 11.0 Å². The first-order valence-corrected chi connectivity index (χ1v) is 8.25. The van der Waals surface area contributed by atoms with Crippen LogP contribution in [0.5, 0.6) is 11.5 Å². The maximum Gasteiger partial charge on any atom is 0.255 e. The van der Waals surface area contributed by atoms with E-state index in [1.54, 1.807) is 18.5 Å². The first-order chi connectivity index (χ1) is 12.7. The van der Waals surface area contributed by atoms with Crippen molar-refractivity contribution >= 4 is 22.6 Å². The molecule has 0 aliphatic rings. The lowest BCUT2D eigenvalue weighted by Crippen LogP contribution is -2.12. The van der Waals surface area contributed by atoms with E-state index < -0.39 is 0 Å². The monoisotopic (exact) mass is 343 g/mol. The number of amides is 1. The number of aromatic nitrogens is 2. The number of carbonyl (C=O) groups is 1. The molecular weight excluding hydrogens is 326 g/mol. The Balaban J connectivity index is 1.59. The van der Waals surface area contributed by atoms with Gasteiger partial charge in [0, 0.05) is 12.6 Å². The van der Waals surface area contributed by atoms with E-state index in [1.165, 1.54) is 0 Å². The highest BCUT2D eigenvalue weighted by atomic mass is 16.5. The van der Waals surface area contributed by atoms with E-state index in [0.717, 1.165) is 11.0 Å². The van der Waals surface area contributed by atoms with Gasteiger partial charge in [-0.15, -0.1) is 0 Å². The molecule has 5 nitrogen and oxygen atoms in total. The number of para-hydroxylation sites is 3. The van der Waals surface area contributed by atoms with E-state index in [-0.39, 0.29) is 5.91 Å². The molecule has 3 aromatic carbocycles. The third-order valence-electron chi connectivity index (χ3n) is 4.09. The number of fused-ring (bicyclic) bond motifs is 1. The second kappa shape index (κ2) is 6.72. The van der Waals surface area contributed by atoms with Crippen LogP contribution in [0.3, 0.4) is 0 Å². The molecule has 0 atom stereocenters. The first kappa shape index (κ1) is 15.9. The number of benzene rings is 3. The lowest BCUT2D eigenvalue weighted by Gasteiger charge is -2.12. The average Bonchev–Trinajstić information content (AvgIpc) is 3.04. The molecule has 5 heteroatoms. The molecule has 4 rings (SSSR count). The van der Waals surface area contributed by atoms with Crippen molar-refractivity contribution in [1.82, 2.24) is 9.55 Å². The third kappa shape index (κ3) is 3.15. The molecule has 0 bridgehead atoms. The number of imidazole rings is 1. The molecular formula is C21H17N3O2. The number of nitrogens with zero attached hydrogens (tertiary/aromatic N) is 2. The molecule has 128 valence electrons. The molecule has 0 spiro atoms. The summed E-state index contributed by atoms with van der Waals surface area (Å²) in [5.74, 6) is 1.09. The number of nitrogens with one attached hydrogen (secondary N) is 1. The van der Waals surface area contributed by atoms with Crippen molar-refractivity contribution in [2.75, 3.05) is 5.32 Å². The van der Waals surface area contributed by atoms with Gasteiger partial charge in [-0.25, -0.2) is 4.98 Å². The zero-order valence-electron chi connectivity index (χ0n) is 14.2. The van der Waals surface area contributed by atoms with Gasteiger partial charge in [0.15, 0.2) is 5.75 Å². The Morgan fingerprint density at radius 1 is 1.00 bits per heavy atom. The van der Waals surface area contributed by atoms with Crippen LogP contribution in [-0.2, 0) is 7.05 Å². The van der Waals surface area contributed by atoms with Gasteiger partial charge in [-0.1, -0.05) is 30.3 Å². The second-order valence-corrected chi connectivity index (χ2v) is 5.92. The molecule has 1 N–H and O–H groups in total. The summed E-state index contributed by atoms with van der Waals surface area (Å²) in [5, 5.41) is 2.92.